The van der Waals surface area contributed by atoms with Gasteiger partial charge in [-0.3, -0.25) is 14.9 Å². The van der Waals surface area contributed by atoms with E-state index < -0.39 is 10.7 Å². The van der Waals surface area contributed by atoms with Gasteiger partial charge in [-0.25, -0.2) is 4.39 Å². The monoisotopic (exact) mass is 238 g/mol. The van der Waals surface area contributed by atoms with Crippen LogP contribution in [0.25, 0.3) is 0 Å². The Bertz CT molecular complexity index is 476. The van der Waals surface area contributed by atoms with Crippen LogP contribution >= 0.6 is 0 Å². The third kappa shape index (κ3) is 2.41. The van der Waals surface area contributed by atoms with Crippen molar-refractivity contribution in [2.75, 3.05) is 6.54 Å². The topological polar surface area (TPSA) is 72.2 Å². The molecule has 1 aliphatic rings. The summed E-state index contributed by atoms with van der Waals surface area (Å²) < 4.78 is 13.1. The van der Waals surface area contributed by atoms with Gasteiger partial charge in [-0.05, 0) is 25.0 Å². The summed E-state index contributed by atoms with van der Waals surface area (Å²) >= 11 is 0. The highest BCUT2D eigenvalue weighted by Crippen LogP contribution is 2.25. The molecule has 5 nitrogen and oxygen atoms in total. The molecule has 0 spiro atoms. The van der Waals surface area contributed by atoms with Crippen molar-refractivity contribution in [3.63, 3.8) is 0 Å². The average Bonchev–Trinajstić information content (AvgIpc) is 2.64. The maximum absolute atomic E-state index is 13.1. The highest BCUT2D eigenvalue weighted by molar-refractivity contribution is 5.81. The molecular formula is C11H11FN2O3. The van der Waals surface area contributed by atoms with Gasteiger partial charge in [0.2, 0.25) is 5.91 Å². The van der Waals surface area contributed by atoms with E-state index in [-0.39, 0.29) is 29.5 Å². The van der Waals surface area contributed by atoms with Crippen LogP contribution in [0.3, 0.4) is 0 Å². The quantitative estimate of drug-likeness (QED) is 0.639. The van der Waals surface area contributed by atoms with Crippen LogP contribution in [-0.4, -0.2) is 17.4 Å². The van der Waals surface area contributed by atoms with Crippen LogP contribution in [0.15, 0.2) is 18.2 Å². The Hall–Kier alpha value is -1.98. The zero-order valence-corrected chi connectivity index (χ0v) is 8.98. The van der Waals surface area contributed by atoms with Crippen LogP contribution in [0, 0.1) is 21.8 Å². The first-order valence-corrected chi connectivity index (χ1v) is 5.28. The minimum absolute atomic E-state index is 0.122. The predicted octanol–water partition coefficient (Wildman–Crippen LogP) is 1.41. The molecule has 1 saturated heterocycles. The molecule has 0 saturated carbocycles. The van der Waals surface area contributed by atoms with Crippen LogP contribution in [-0.2, 0) is 11.2 Å². The van der Waals surface area contributed by atoms with Crippen molar-refractivity contribution in [2.45, 2.75) is 12.8 Å². The van der Waals surface area contributed by atoms with Crippen molar-refractivity contribution >= 4 is 11.6 Å². The van der Waals surface area contributed by atoms with Crippen LogP contribution < -0.4 is 5.32 Å². The van der Waals surface area contributed by atoms with Gasteiger partial charge < -0.3 is 5.32 Å². The normalized spacial score (nSPS) is 19.1. The van der Waals surface area contributed by atoms with E-state index in [1.54, 1.807) is 0 Å². The Balaban J connectivity index is 2.27. The van der Waals surface area contributed by atoms with E-state index in [0.717, 1.165) is 18.2 Å². The lowest BCUT2D eigenvalue weighted by atomic mass is 9.97. The molecule has 1 N–H and O–H groups in total. The van der Waals surface area contributed by atoms with Gasteiger partial charge in [-0.1, -0.05) is 0 Å². The number of benzene rings is 1. The molecule has 1 fully saturated rings. The number of nitro groups is 1. The number of amides is 1. The second kappa shape index (κ2) is 4.48. The van der Waals surface area contributed by atoms with Gasteiger partial charge in [0.25, 0.3) is 5.69 Å². The molecular weight excluding hydrogens is 227 g/mol. The van der Waals surface area contributed by atoms with Gasteiger partial charge in [-0.15, -0.1) is 0 Å². The highest BCUT2D eigenvalue weighted by Gasteiger charge is 2.27. The highest BCUT2D eigenvalue weighted by atomic mass is 19.1. The Morgan fingerprint density at radius 2 is 2.29 bits per heavy atom. The van der Waals surface area contributed by atoms with Crippen molar-refractivity contribution in [1.82, 2.24) is 5.32 Å². The summed E-state index contributed by atoms with van der Waals surface area (Å²) in [6.07, 6.45) is 0.840. The number of hydrogen-bond acceptors (Lipinski definition) is 3. The minimum atomic E-state index is -0.554. The zero-order chi connectivity index (χ0) is 12.4. The molecule has 1 unspecified atom stereocenters. The van der Waals surface area contributed by atoms with Gasteiger partial charge in [0.05, 0.1) is 4.92 Å². The fraction of sp³-hybridized carbons (Fsp3) is 0.364. The number of nitro benzene ring substituents is 1. The number of carbonyl (C=O) groups is 1. The SMILES string of the molecule is O=C1NCCC1Cc1cc(F)ccc1[N+](=O)[O-]. The summed E-state index contributed by atoms with van der Waals surface area (Å²) in [5, 5.41) is 13.4. The fourth-order valence-corrected chi connectivity index (χ4v) is 2.00. The van der Waals surface area contributed by atoms with Crippen molar-refractivity contribution in [3.05, 3.63) is 39.7 Å². The maximum Gasteiger partial charge on any atom is 0.272 e. The molecule has 0 bridgehead atoms. The van der Waals surface area contributed by atoms with E-state index in [9.17, 15) is 19.3 Å². The average molecular weight is 238 g/mol. The van der Waals surface area contributed by atoms with E-state index in [0.29, 0.717) is 13.0 Å². The van der Waals surface area contributed by atoms with Gasteiger partial charge in [-0.2, -0.15) is 0 Å². The van der Waals surface area contributed by atoms with Crippen molar-refractivity contribution in [3.8, 4) is 0 Å². The summed E-state index contributed by atoms with van der Waals surface area (Å²) in [4.78, 5) is 21.6. The Labute approximate surface area is 96.8 Å². The number of nitrogens with zero attached hydrogens (tertiary/aromatic N) is 1. The molecule has 0 aromatic heterocycles. The number of hydrogen-bond donors (Lipinski definition) is 1. The van der Waals surface area contributed by atoms with Gasteiger partial charge in [0, 0.05) is 24.1 Å². The van der Waals surface area contributed by atoms with Crippen molar-refractivity contribution in [1.29, 1.82) is 0 Å². The second-order valence-electron chi connectivity index (χ2n) is 4.01. The minimum Gasteiger partial charge on any atom is -0.356 e. The van der Waals surface area contributed by atoms with E-state index in [1.165, 1.54) is 0 Å². The standard InChI is InChI=1S/C11H11FN2O3/c12-9-1-2-10(14(16)17)8(6-9)5-7-3-4-13-11(7)15/h1-2,6-7H,3-5H2,(H,13,15). The molecule has 1 amide bonds. The van der Waals surface area contributed by atoms with Crippen molar-refractivity contribution in [2.24, 2.45) is 5.92 Å². The largest absolute Gasteiger partial charge is 0.356 e. The molecule has 0 aliphatic carbocycles. The smallest absolute Gasteiger partial charge is 0.272 e. The maximum atomic E-state index is 13.1. The molecule has 1 aromatic carbocycles. The summed E-state index contributed by atoms with van der Waals surface area (Å²) in [6.45, 7) is 0.576. The molecule has 2 rings (SSSR count). The molecule has 1 aromatic rings. The summed E-state index contributed by atoms with van der Waals surface area (Å²) in [7, 11) is 0. The third-order valence-corrected chi connectivity index (χ3v) is 2.87. The lowest BCUT2D eigenvalue weighted by molar-refractivity contribution is -0.385. The van der Waals surface area contributed by atoms with Crippen LogP contribution in [0.1, 0.15) is 12.0 Å². The Kier molecular flexibility index (Phi) is 3.03. The first-order valence-electron chi connectivity index (χ1n) is 5.28. The van der Waals surface area contributed by atoms with E-state index in [2.05, 4.69) is 5.32 Å². The van der Waals surface area contributed by atoms with Gasteiger partial charge >= 0.3 is 0 Å². The fourth-order valence-electron chi connectivity index (χ4n) is 2.00. The summed E-state index contributed by atoms with van der Waals surface area (Å²) in [6, 6.07) is 3.32. The summed E-state index contributed by atoms with van der Waals surface area (Å²) in [5.74, 6) is -0.942. The summed E-state index contributed by atoms with van der Waals surface area (Å²) in [5.41, 5.74) is 0.142. The molecule has 1 aliphatic heterocycles. The van der Waals surface area contributed by atoms with E-state index >= 15 is 0 Å². The van der Waals surface area contributed by atoms with Crippen LogP contribution in [0.5, 0.6) is 0 Å². The lowest BCUT2D eigenvalue weighted by Crippen LogP contribution is -2.20. The van der Waals surface area contributed by atoms with E-state index in [4.69, 9.17) is 0 Å². The van der Waals surface area contributed by atoms with Gasteiger partial charge in [0.1, 0.15) is 5.82 Å². The molecule has 90 valence electrons. The Morgan fingerprint density at radius 1 is 1.53 bits per heavy atom. The first-order chi connectivity index (χ1) is 8.08. The Morgan fingerprint density at radius 3 is 2.88 bits per heavy atom. The van der Waals surface area contributed by atoms with E-state index in [1.807, 2.05) is 0 Å². The first kappa shape index (κ1) is 11.5. The molecule has 6 heteroatoms. The lowest BCUT2D eigenvalue weighted by Gasteiger charge is -2.07. The number of nitrogens with one attached hydrogen (secondary N) is 1. The van der Waals surface area contributed by atoms with Gasteiger partial charge in [0.15, 0.2) is 0 Å². The zero-order valence-electron chi connectivity index (χ0n) is 8.98. The number of halogens is 1. The molecule has 17 heavy (non-hydrogen) atoms. The molecule has 1 heterocycles. The second-order valence-corrected chi connectivity index (χ2v) is 4.01. The third-order valence-electron chi connectivity index (χ3n) is 2.87. The van der Waals surface area contributed by atoms with Crippen LogP contribution in [0.4, 0.5) is 10.1 Å². The number of carbonyl (C=O) groups excluding carboxylic acids is 1. The molecule has 1 atom stereocenters. The van der Waals surface area contributed by atoms with Crippen molar-refractivity contribution < 1.29 is 14.1 Å². The molecule has 0 radical (unpaired) electrons. The predicted molar refractivity (Wildman–Crippen MR) is 57.9 cm³/mol. The van der Waals surface area contributed by atoms with Crippen LogP contribution in [0.2, 0.25) is 0 Å². The number of rotatable bonds is 3.